The Hall–Kier alpha value is -2.75. The van der Waals surface area contributed by atoms with Gasteiger partial charge in [0.2, 0.25) is 0 Å². The van der Waals surface area contributed by atoms with Crippen LogP contribution in [0.2, 0.25) is 0 Å². The molecular weight excluding hydrogens is 352 g/mol. The van der Waals surface area contributed by atoms with Crippen LogP contribution in [-0.2, 0) is 9.53 Å². The summed E-state index contributed by atoms with van der Waals surface area (Å²) in [6.45, 7) is 2.82. The summed E-state index contributed by atoms with van der Waals surface area (Å²) in [6.07, 6.45) is 3.28. The standard InChI is InChI=1S/C20H23F2N3O2/c1-13(2)27-19(26)18(10-14(3)8-9-23)16-6-4-15(5-7-16)17-11-24-25(12-17)20(21)22/h4-7,11-14,18,20H,8,10H2,1-3H3. The lowest BCUT2D eigenvalue weighted by Crippen LogP contribution is -2.21. The maximum atomic E-state index is 12.7. The number of carbonyl (C=O) groups excluding carboxylic acids is 1. The van der Waals surface area contributed by atoms with E-state index in [0.717, 1.165) is 11.1 Å². The first-order valence-electron chi connectivity index (χ1n) is 8.82. The van der Waals surface area contributed by atoms with Crippen LogP contribution in [0.4, 0.5) is 8.78 Å². The molecule has 1 aromatic heterocycles. The molecule has 0 fully saturated rings. The highest BCUT2D eigenvalue weighted by atomic mass is 19.3. The first kappa shape index (κ1) is 20.6. The number of benzene rings is 1. The summed E-state index contributed by atoms with van der Waals surface area (Å²) in [7, 11) is 0. The summed E-state index contributed by atoms with van der Waals surface area (Å²) in [6, 6.07) is 9.25. The summed E-state index contributed by atoms with van der Waals surface area (Å²) in [5.41, 5.74) is 2.07. The topological polar surface area (TPSA) is 67.9 Å². The molecule has 0 aliphatic heterocycles. The minimum atomic E-state index is -2.69. The lowest BCUT2D eigenvalue weighted by atomic mass is 9.87. The van der Waals surface area contributed by atoms with Crippen molar-refractivity contribution < 1.29 is 18.3 Å². The second-order valence-corrected chi connectivity index (χ2v) is 6.85. The van der Waals surface area contributed by atoms with Gasteiger partial charge in [0.05, 0.1) is 24.3 Å². The molecule has 0 aliphatic carbocycles. The van der Waals surface area contributed by atoms with Gasteiger partial charge in [-0.05, 0) is 37.3 Å². The largest absolute Gasteiger partial charge is 0.463 e. The number of carbonyl (C=O) groups is 1. The summed E-state index contributed by atoms with van der Waals surface area (Å²) in [5, 5.41) is 12.5. The molecule has 0 radical (unpaired) electrons. The van der Waals surface area contributed by atoms with Crippen LogP contribution >= 0.6 is 0 Å². The molecular formula is C20H23F2N3O2. The third-order valence-corrected chi connectivity index (χ3v) is 4.16. The van der Waals surface area contributed by atoms with Crippen LogP contribution in [-0.4, -0.2) is 21.9 Å². The van der Waals surface area contributed by atoms with Gasteiger partial charge in [-0.2, -0.15) is 19.1 Å². The number of esters is 1. The SMILES string of the molecule is CC(CC#N)CC(C(=O)OC(C)C)c1ccc(-c2cnn(C(F)F)c2)cc1. The number of nitriles is 1. The molecule has 0 aliphatic rings. The zero-order chi connectivity index (χ0) is 20.0. The molecule has 0 saturated carbocycles. The average molecular weight is 375 g/mol. The molecule has 144 valence electrons. The predicted octanol–water partition coefficient (Wildman–Crippen LogP) is 4.92. The Morgan fingerprint density at radius 3 is 2.41 bits per heavy atom. The van der Waals surface area contributed by atoms with E-state index in [1.54, 1.807) is 38.1 Å². The van der Waals surface area contributed by atoms with Gasteiger partial charge in [0.25, 0.3) is 0 Å². The first-order chi connectivity index (χ1) is 12.8. The minimum absolute atomic E-state index is 0.0451. The number of halogens is 2. The van der Waals surface area contributed by atoms with Crippen molar-refractivity contribution in [1.82, 2.24) is 9.78 Å². The van der Waals surface area contributed by atoms with Crippen molar-refractivity contribution in [2.45, 2.75) is 52.2 Å². The van der Waals surface area contributed by atoms with E-state index in [2.05, 4.69) is 11.2 Å². The predicted molar refractivity (Wildman–Crippen MR) is 96.9 cm³/mol. The van der Waals surface area contributed by atoms with E-state index in [9.17, 15) is 13.6 Å². The van der Waals surface area contributed by atoms with Crippen molar-refractivity contribution in [2.24, 2.45) is 5.92 Å². The molecule has 7 heteroatoms. The molecule has 5 nitrogen and oxygen atoms in total. The van der Waals surface area contributed by atoms with Gasteiger partial charge in [-0.25, -0.2) is 4.68 Å². The number of hydrogen-bond donors (Lipinski definition) is 0. The lowest BCUT2D eigenvalue weighted by Gasteiger charge is -2.20. The number of alkyl halides is 2. The summed E-state index contributed by atoms with van der Waals surface area (Å²) >= 11 is 0. The highest BCUT2D eigenvalue weighted by molar-refractivity contribution is 5.78. The number of hydrogen-bond acceptors (Lipinski definition) is 4. The Kier molecular flexibility index (Phi) is 7.05. The van der Waals surface area contributed by atoms with E-state index in [4.69, 9.17) is 10.00 Å². The quantitative estimate of drug-likeness (QED) is 0.614. The van der Waals surface area contributed by atoms with Crippen molar-refractivity contribution in [3.63, 3.8) is 0 Å². The third kappa shape index (κ3) is 5.61. The normalized spacial score (nSPS) is 13.4. The van der Waals surface area contributed by atoms with Crippen LogP contribution in [0.3, 0.4) is 0 Å². The second-order valence-electron chi connectivity index (χ2n) is 6.85. The average Bonchev–Trinajstić information content (AvgIpc) is 3.10. The van der Waals surface area contributed by atoms with Gasteiger partial charge >= 0.3 is 12.5 Å². The Morgan fingerprint density at radius 2 is 1.89 bits per heavy atom. The maximum Gasteiger partial charge on any atom is 0.333 e. The molecule has 0 N–H and O–H groups in total. The summed E-state index contributed by atoms with van der Waals surface area (Å²) in [5.74, 6) is -0.759. The fraction of sp³-hybridized carbons (Fsp3) is 0.450. The van der Waals surface area contributed by atoms with Crippen LogP contribution in [0.5, 0.6) is 0 Å². The smallest absolute Gasteiger partial charge is 0.333 e. The molecule has 0 amide bonds. The number of rotatable bonds is 8. The highest BCUT2D eigenvalue weighted by Gasteiger charge is 2.25. The van der Waals surface area contributed by atoms with E-state index in [1.807, 2.05) is 6.92 Å². The molecule has 27 heavy (non-hydrogen) atoms. The summed E-state index contributed by atoms with van der Waals surface area (Å²) < 4.78 is 31.3. The first-order valence-corrected chi connectivity index (χ1v) is 8.82. The van der Waals surface area contributed by atoms with Gasteiger partial charge in [0.1, 0.15) is 0 Å². The van der Waals surface area contributed by atoms with Gasteiger partial charge in [0.15, 0.2) is 0 Å². The zero-order valence-electron chi connectivity index (χ0n) is 15.6. The fourth-order valence-electron chi connectivity index (χ4n) is 2.83. The number of aromatic nitrogens is 2. The Balaban J connectivity index is 2.24. The van der Waals surface area contributed by atoms with Crippen LogP contribution < -0.4 is 0 Å². The van der Waals surface area contributed by atoms with Crippen molar-refractivity contribution in [1.29, 1.82) is 5.26 Å². The van der Waals surface area contributed by atoms with Crippen LogP contribution in [0.1, 0.15) is 51.6 Å². The second kappa shape index (κ2) is 9.26. The number of nitrogens with zero attached hydrogens (tertiary/aromatic N) is 3. The van der Waals surface area contributed by atoms with Crippen LogP contribution in [0, 0.1) is 17.2 Å². The van der Waals surface area contributed by atoms with Crippen LogP contribution in [0.15, 0.2) is 36.7 Å². The molecule has 2 unspecified atom stereocenters. The monoisotopic (exact) mass is 375 g/mol. The number of ether oxygens (including phenoxy) is 1. The van der Waals surface area contributed by atoms with Crippen molar-refractivity contribution in [3.8, 4) is 17.2 Å². The van der Waals surface area contributed by atoms with Gasteiger partial charge < -0.3 is 4.74 Å². The van der Waals surface area contributed by atoms with Crippen LogP contribution in [0.25, 0.3) is 11.1 Å². The molecule has 2 atom stereocenters. The molecule has 2 aromatic rings. The Labute approximate surface area is 157 Å². The third-order valence-electron chi connectivity index (χ3n) is 4.16. The van der Waals surface area contributed by atoms with E-state index >= 15 is 0 Å². The molecule has 0 spiro atoms. The lowest BCUT2D eigenvalue weighted by molar-refractivity contribution is -0.149. The fourth-order valence-corrected chi connectivity index (χ4v) is 2.83. The van der Waals surface area contributed by atoms with Crippen molar-refractivity contribution in [3.05, 3.63) is 42.2 Å². The van der Waals surface area contributed by atoms with Gasteiger partial charge in [-0.1, -0.05) is 31.2 Å². The summed E-state index contributed by atoms with van der Waals surface area (Å²) in [4.78, 5) is 12.5. The molecule has 0 saturated heterocycles. The Bertz CT molecular complexity index is 794. The van der Waals surface area contributed by atoms with E-state index < -0.39 is 12.5 Å². The van der Waals surface area contributed by atoms with Crippen molar-refractivity contribution in [2.75, 3.05) is 0 Å². The van der Waals surface area contributed by atoms with Gasteiger partial charge in [0, 0.05) is 18.2 Å². The molecule has 1 aromatic carbocycles. The molecule has 0 bridgehead atoms. The van der Waals surface area contributed by atoms with E-state index in [0.29, 0.717) is 23.1 Å². The van der Waals surface area contributed by atoms with Gasteiger partial charge in [-0.3, -0.25) is 4.79 Å². The van der Waals surface area contributed by atoms with E-state index in [-0.39, 0.29) is 18.0 Å². The maximum absolute atomic E-state index is 12.7. The van der Waals surface area contributed by atoms with Crippen molar-refractivity contribution >= 4 is 5.97 Å². The minimum Gasteiger partial charge on any atom is -0.463 e. The van der Waals surface area contributed by atoms with Gasteiger partial charge in [-0.15, -0.1) is 0 Å². The molecule has 2 rings (SSSR count). The molecule has 1 heterocycles. The highest BCUT2D eigenvalue weighted by Crippen LogP contribution is 2.29. The Morgan fingerprint density at radius 1 is 1.22 bits per heavy atom. The van der Waals surface area contributed by atoms with E-state index in [1.165, 1.54) is 12.4 Å². The zero-order valence-corrected chi connectivity index (χ0v) is 15.6.